The van der Waals surface area contributed by atoms with E-state index in [2.05, 4.69) is 25.4 Å². The van der Waals surface area contributed by atoms with Crippen molar-refractivity contribution in [3.05, 3.63) is 35.9 Å². The normalized spacial score (nSPS) is 14.3. The van der Waals surface area contributed by atoms with Crippen molar-refractivity contribution in [3.63, 3.8) is 0 Å². The molecule has 0 unspecified atom stereocenters. The Balaban J connectivity index is 1.53. The fourth-order valence-electron chi connectivity index (χ4n) is 2.36. The number of hydrazone groups is 1. The highest BCUT2D eigenvalue weighted by Crippen LogP contribution is 2.19. The number of hydrogen-bond acceptors (Lipinski definition) is 7. The standard InChI is InChI=1S/C16H19N5O3/c1-12-9-15(19-16(18-12)21-6-2-3-7-21)24-11-14(22)20-17-10-13-5-4-8-23-13/h4-5,8-10H,2-3,6-7,11H2,1H3,(H,20,22). The summed E-state index contributed by atoms with van der Waals surface area (Å²) in [5.74, 6) is 1.21. The van der Waals surface area contributed by atoms with E-state index in [9.17, 15) is 4.79 Å². The summed E-state index contributed by atoms with van der Waals surface area (Å²) in [7, 11) is 0. The molecule has 1 saturated heterocycles. The third-order valence-electron chi connectivity index (χ3n) is 3.48. The molecule has 0 aliphatic carbocycles. The van der Waals surface area contributed by atoms with Gasteiger partial charge in [0.1, 0.15) is 5.76 Å². The smallest absolute Gasteiger partial charge is 0.278 e. The van der Waals surface area contributed by atoms with Gasteiger partial charge in [0.15, 0.2) is 6.61 Å². The first-order valence-electron chi connectivity index (χ1n) is 7.79. The average molecular weight is 329 g/mol. The van der Waals surface area contributed by atoms with Crippen LogP contribution in [0.3, 0.4) is 0 Å². The molecule has 0 radical (unpaired) electrons. The van der Waals surface area contributed by atoms with Crippen molar-refractivity contribution in [2.24, 2.45) is 5.10 Å². The lowest BCUT2D eigenvalue weighted by Gasteiger charge is -2.16. The number of nitrogens with one attached hydrogen (secondary N) is 1. The zero-order valence-corrected chi connectivity index (χ0v) is 13.4. The summed E-state index contributed by atoms with van der Waals surface area (Å²) >= 11 is 0. The van der Waals surface area contributed by atoms with Crippen molar-refractivity contribution in [1.29, 1.82) is 0 Å². The molecule has 1 aliphatic heterocycles. The molecule has 3 heterocycles. The number of aromatic nitrogens is 2. The predicted octanol–water partition coefficient (Wildman–Crippen LogP) is 1.51. The molecular formula is C16H19N5O3. The van der Waals surface area contributed by atoms with Gasteiger partial charge in [-0.05, 0) is 31.9 Å². The number of carbonyl (C=O) groups is 1. The fourth-order valence-corrected chi connectivity index (χ4v) is 2.36. The van der Waals surface area contributed by atoms with Crippen molar-refractivity contribution in [2.75, 3.05) is 24.6 Å². The van der Waals surface area contributed by atoms with Crippen LogP contribution in [0.25, 0.3) is 0 Å². The van der Waals surface area contributed by atoms with E-state index in [4.69, 9.17) is 9.15 Å². The van der Waals surface area contributed by atoms with Crippen LogP contribution in [0.2, 0.25) is 0 Å². The number of furan rings is 1. The minimum Gasteiger partial charge on any atom is -0.467 e. The summed E-state index contributed by atoms with van der Waals surface area (Å²) in [6.45, 7) is 3.60. The Morgan fingerprint density at radius 3 is 3.04 bits per heavy atom. The maximum Gasteiger partial charge on any atom is 0.278 e. The van der Waals surface area contributed by atoms with Crippen LogP contribution in [0.5, 0.6) is 5.88 Å². The Morgan fingerprint density at radius 1 is 1.46 bits per heavy atom. The van der Waals surface area contributed by atoms with E-state index >= 15 is 0 Å². The molecule has 3 rings (SSSR count). The van der Waals surface area contributed by atoms with Gasteiger partial charge in [-0.1, -0.05) is 0 Å². The van der Waals surface area contributed by atoms with E-state index in [1.54, 1.807) is 18.2 Å². The highest BCUT2D eigenvalue weighted by atomic mass is 16.5. The van der Waals surface area contributed by atoms with Gasteiger partial charge in [-0.2, -0.15) is 10.1 Å². The first-order valence-corrected chi connectivity index (χ1v) is 7.79. The molecule has 1 amide bonds. The number of amides is 1. The number of anilines is 1. The SMILES string of the molecule is Cc1cc(OCC(=O)NN=Cc2ccco2)nc(N2CCCC2)n1. The molecule has 1 aliphatic rings. The quantitative estimate of drug-likeness (QED) is 0.638. The van der Waals surface area contributed by atoms with Gasteiger partial charge in [0, 0.05) is 24.8 Å². The van der Waals surface area contributed by atoms with Crippen LogP contribution in [-0.2, 0) is 4.79 Å². The zero-order valence-electron chi connectivity index (χ0n) is 13.4. The highest BCUT2D eigenvalue weighted by Gasteiger charge is 2.16. The van der Waals surface area contributed by atoms with Gasteiger partial charge in [0.2, 0.25) is 11.8 Å². The maximum absolute atomic E-state index is 11.7. The van der Waals surface area contributed by atoms with Crippen molar-refractivity contribution >= 4 is 18.1 Å². The molecule has 2 aromatic heterocycles. The van der Waals surface area contributed by atoms with Gasteiger partial charge < -0.3 is 14.1 Å². The molecule has 8 heteroatoms. The maximum atomic E-state index is 11.7. The number of aryl methyl sites for hydroxylation is 1. The van der Waals surface area contributed by atoms with E-state index < -0.39 is 0 Å². The van der Waals surface area contributed by atoms with Crippen molar-refractivity contribution in [2.45, 2.75) is 19.8 Å². The molecule has 126 valence electrons. The highest BCUT2D eigenvalue weighted by molar-refractivity contribution is 5.81. The van der Waals surface area contributed by atoms with E-state index in [0.717, 1.165) is 31.6 Å². The zero-order chi connectivity index (χ0) is 16.8. The molecule has 0 saturated carbocycles. The number of carbonyl (C=O) groups excluding carboxylic acids is 1. The van der Waals surface area contributed by atoms with Crippen LogP contribution >= 0.6 is 0 Å². The molecule has 1 fully saturated rings. The topological polar surface area (TPSA) is 92.8 Å². The Bertz CT molecular complexity index is 709. The van der Waals surface area contributed by atoms with E-state index in [0.29, 0.717) is 17.6 Å². The average Bonchev–Trinajstić information content (AvgIpc) is 3.26. The molecule has 0 aromatic carbocycles. The molecule has 2 aromatic rings. The van der Waals surface area contributed by atoms with E-state index in [-0.39, 0.29) is 12.5 Å². The molecule has 8 nitrogen and oxygen atoms in total. The van der Waals surface area contributed by atoms with E-state index in [1.165, 1.54) is 12.5 Å². The molecular weight excluding hydrogens is 310 g/mol. The van der Waals surface area contributed by atoms with Crippen molar-refractivity contribution in [3.8, 4) is 5.88 Å². The Labute approximate surface area is 139 Å². The van der Waals surface area contributed by atoms with E-state index in [1.807, 2.05) is 6.92 Å². The number of hydrogen-bond donors (Lipinski definition) is 1. The summed E-state index contributed by atoms with van der Waals surface area (Å²) in [4.78, 5) is 22.6. The predicted molar refractivity (Wildman–Crippen MR) is 88.2 cm³/mol. The summed E-state index contributed by atoms with van der Waals surface area (Å²) < 4.78 is 10.5. The van der Waals surface area contributed by atoms with Crippen LogP contribution < -0.4 is 15.1 Å². The summed E-state index contributed by atoms with van der Waals surface area (Å²) in [5, 5.41) is 3.78. The first kappa shape index (κ1) is 16.0. The Kier molecular flexibility index (Phi) is 5.05. The van der Waals surface area contributed by atoms with Crippen molar-refractivity contribution < 1.29 is 13.9 Å². The second-order valence-electron chi connectivity index (χ2n) is 5.44. The van der Waals surface area contributed by atoms with Crippen LogP contribution in [0.4, 0.5) is 5.95 Å². The molecule has 24 heavy (non-hydrogen) atoms. The van der Waals surface area contributed by atoms with Gasteiger partial charge in [0.25, 0.3) is 5.91 Å². The van der Waals surface area contributed by atoms with Gasteiger partial charge in [-0.15, -0.1) is 0 Å². The van der Waals surface area contributed by atoms with Crippen LogP contribution in [0, 0.1) is 6.92 Å². The summed E-state index contributed by atoms with van der Waals surface area (Å²) in [5.41, 5.74) is 3.17. The van der Waals surface area contributed by atoms with Gasteiger partial charge in [-0.25, -0.2) is 10.4 Å². The lowest BCUT2D eigenvalue weighted by atomic mass is 10.4. The largest absolute Gasteiger partial charge is 0.467 e. The minimum atomic E-state index is -0.378. The molecule has 0 bridgehead atoms. The van der Waals surface area contributed by atoms with Crippen molar-refractivity contribution in [1.82, 2.24) is 15.4 Å². The van der Waals surface area contributed by atoms with Gasteiger partial charge in [-0.3, -0.25) is 4.79 Å². The third-order valence-corrected chi connectivity index (χ3v) is 3.48. The third kappa shape index (κ3) is 4.31. The second kappa shape index (κ2) is 7.58. The van der Waals surface area contributed by atoms with Crippen LogP contribution in [-0.4, -0.2) is 41.8 Å². The lowest BCUT2D eigenvalue weighted by molar-refractivity contribution is -0.123. The monoisotopic (exact) mass is 329 g/mol. The van der Waals surface area contributed by atoms with Gasteiger partial charge in [0.05, 0.1) is 12.5 Å². The Hall–Kier alpha value is -2.90. The van der Waals surface area contributed by atoms with Gasteiger partial charge >= 0.3 is 0 Å². The number of ether oxygens (including phenoxy) is 1. The lowest BCUT2D eigenvalue weighted by Crippen LogP contribution is -2.25. The van der Waals surface area contributed by atoms with Crippen LogP contribution in [0.1, 0.15) is 24.3 Å². The summed E-state index contributed by atoms with van der Waals surface area (Å²) in [6, 6.07) is 5.18. The van der Waals surface area contributed by atoms with Crippen LogP contribution in [0.15, 0.2) is 34.0 Å². The molecule has 0 atom stereocenters. The molecule has 1 N–H and O–H groups in total. The number of nitrogens with zero attached hydrogens (tertiary/aromatic N) is 4. The first-order chi connectivity index (χ1) is 11.7. The number of rotatable bonds is 6. The molecule has 0 spiro atoms. The second-order valence-corrected chi connectivity index (χ2v) is 5.44. The Morgan fingerprint density at radius 2 is 2.29 bits per heavy atom. The fraction of sp³-hybridized carbons (Fsp3) is 0.375. The summed E-state index contributed by atoms with van der Waals surface area (Å²) in [6.07, 6.45) is 5.23. The minimum absolute atomic E-state index is 0.175.